The predicted molar refractivity (Wildman–Crippen MR) is 65.4 cm³/mol. The molecule has 17 heavy (non-hydrogen) atoms. The highest BCUT2D eigenvalue weighted by atomic mass is 19.1. The number of nitrogens with zero attached hydrogens (tertiary/aromatic N) is 3. The van der Waals surface area contributed by atoms with Crippen LogP contribution in [0.25, 0.3) is 5.65 Å². The van der Waals surface area contributed by atoms with Crippen LogP contribution in [0.5, 0.6) is 0 Å². The number of aromatic nitrogens is 3. The molecule has 1 atom stereocenters. The molecule has 0 saturated carbocycles. The lowest BCUT2D eigenvalue weighted by Crippen LogP contribution is -2.09. The van der Waals surface area contributed by atoms with E-state index in [1.54, 1.807) is 12.4 Å². The van der Waals surface area contributed by atoms with Gasteiger partial charge in [0.05, 0.1) is 0 Å². The number of rotatable bonds is 4. The van der Waals surface area contributed by atoms with Crippen molar-refractivity contribution in [1.29, 1.82) is 0 Å². The molecule has 2 aromatic rings. The van der Waals surface area contributed by atoms with Gasteiger partial charge in [0.2, 0.25) is 0 Å². The molecular formula is C13H18FN3. The van der Waals surface area contributed by atoms with Crippen molar-refractivity contribution in [3.8, 4) is 0 Å². The zero-order valence-corrected chi connectivity index (χ0v) is 10.5. The van der Waals surface area contributed by atoms with E-state index in [0.717, 1.165) is 18.5 Å². The molecule has 2 heterocycles. The average molecular weight is 235 g/mol. The number of hydrogen-bond acceptors (Lipinski definition) is 2. The Morgan fingerprint density at radius 2 is 2.12 bits per heavy atom. The summed E-state index contributed by atoms with van der Waals surface area (Å²) >= 11 is 0. The Morgan fingerprint density at radius 1 is 1.35 bits per heavy atom. The van der Waals surface area contributed by atoms with Crippen molar-refractivity contribution in [2.75, 3.05) is 0 Å². The van der Waals surface area contributed by atoms with Gasteiger partial charge in [-0.15, -0.1) is 0 Å². The summed E-state index contributed by atoms with van der Waals surface area (Å²) in [4.78, 5) is 7.75. The molecular weight excluding hydrogens is 217 g/mol. The second-order valence-electron chi connectivity index (χ2n) is 4.73. The first-order chi connectivity index (χ1) is 8.15. The van der Waals surface area contributed by atoms with Gasteiger partial charge in [-0.2, -0.15) is 4.39 Å². The smallest absolute Gasteiger partial charge is 0.256 e. The molecule has 0 aliphatic carbocycles. The summed E-state index contributed by atoms with van der Waals surface area (Å²) in [5, 5.41) is 0. The Kier molecular flexibility index (Phi) is 3.41. The summed E-state index contributed by atoms with van der Waals surface area (Å²) in [7, 11) is 0. The molecule has 0 aliphatic heterocycles. The molecule has 0 fully saturated rings. The molecule has 0 amide bonds. The van der Waals surface area contributed by atoms with Crippen LogP contribution in [0.3, 0.4) is 0 Å². The maximum atomic E-state index is 13.5. The largest absolute Gasteiger partial charge is 0.298 e. The fourth-order valence-electron chi connectivity index (χ4n) is 2.31. The van der Waals surface area contributed by atoms with E-state index < -0.39 is 5.95 Å². The summed E-state index contributed by atoms with van der Waals surface area (Å²) in [6, 6.07) is 0. The van der Waals surface area contributed by atoms with Crippen LogP contribution in [0.15, 0.2) is 18.6 Å². The summed E-state index contributed by atoms with van der Waals surface area (Å²) in [6.45, 7) is 6.55. The van der Waals surface area contributed by atoms with Crippen LogP contribution >= 0.6 is 0 Å². The van der Waals surface area contributed by atoms with Gasteiger partial charge in [-0.1, -0.05) is 27.2 Å². The Labute approximate surface area is 101 Å². The van der Waals surface area contributed by atoms with Gasteiger partial charge in [0.15, 0.2) is 5.65 Å². The van der Waals surface area contributed by atoms with Crippen molar-refractivity contribution in [2.24, 2.45) is 5.92 Å². The van der Waals surface area contributed by atoms with Crippen molar-refractivity contribution in [3.05, 3.63) is 30.2 Å². The zero-order chi connectivity index (χ0) is 12.4. The van der Waals surface area contributed by atoms with E-state index in [0.29, 0.717) is 17.5 Å². The monoisotopic (exact) mass is 235 g/mol. The minimum Gasteiger partial charge on any atom is -0.298 e. The average Bonchev–Trinajstić information content (AvgIpc) is 2.70. The Bertz CT molecular complexity index is 504. The van der Waals surface area contributed by atoms with Crippen LogP contribution in [0.1, 0.15) is 45.2 Å². The summed E-state index contributed by atoms with van der Waals surface area (Å²) in [6.07, 6.45) is 7.25. The maximum absolute atomic E-state index is 13.5. The molecule has 2 aromatic heterocycles. The van der Waals surface area contributed by atoms with Gasteiger partial charge in [-0.05, 0) is 12.3 Å². The number of imidazole rings is 1. The highest BCUT2D eigenvalue weighted by molar-refractivity contribution is 5.39. The number of hydrogen-bond donors (Lipinski definition) is 0. The fourth-order valence-corrected chi connectivity index (χ4v) is 2.31. The number of fused-ring (bicyclic) bond motifs is 1. The standard InChI is InChI=1S/C13H18FN3/c1-4-5-10(9(2)3)11-8-16-13-12(14)15-6-7-17(11)13/h6-10H,4-5H2,1-3H3. The fraction of sp³-hybridized carbons (Fsp3) is 0.538. The first-order valence-electron chi connectivity index (χ1n) is 6.12. The number of halogens is 1. The predicted octanol–water partition coefficient (Wildman–Crippen LogP) is 3.41. The lowest BCUT2D eigenvalue weighted by Gasteiger charge is -2.19. The molecule has 2 rings (SSSR count). The van der Waals surface area contributed by atoms with E-state index in [1.807, 2.05) is 4.40 Å². The Balaban J connectivity index is 2.50. The normalized spacial score (nSPS) is 13.5. The first-order valence-corrected chi connectivity index (χ1v) is 6.12. The van der Waals surface area contributed by atoms with Gasteiger partial charge in [0.1, 0.15) is 0 Å². The summed E-state index contributed by atoms with van der Waals surface area (Å²) in [5.74, 6) is 0.431. The van der Waals surface area contributed by atoms with E-state index in [1.165, 1.54) is 6.20 Å². The third kappa shape index (κ3) is 2.16. The second kappa shape index (κ2) is 4.82. The van der Waals surface area contributed by atoms with Crippen molar-refractivity contribution in [3.63, 3.8) is 0 Å². The van der Waals surface area contributed by atoms with E-state index in [-0.39, 0.29) is 0 Å². The van der Waals surface area contributed by atoms with Gasteiger partial charge in [-0.25, -0.2) is 9.97 Å². The van der Waals surface area contributed by atoms with Gasteiger partial charge in [0, 0.05) is 30.2 Å². The van der Waals surface area contributed by atoms with E-state index in [9.17, 15) is 4.39 Å². The Hall–Kier alpha value is -1.45. The van der Waals surface area contributed by atoms with E-state index >= 15 is 0 Å². The van der Waals surface area contributed by atoms with Crippen molar-refractivity contribution < 1.29 is 4.39 Å². The molecule has 0 N–H and O–H groups in total. The quantitative estimate of drug-likeness (QED) is 0.813. The van der Waals surface area contributed by atoms with Crippen LogP contribution in [0, 0.1) is 11.9 Å². The van der Waals surface area contributed by atoms with Gasteiger partial charge < -0.3 is 0 Å². The van der Waals surface area contributed by atoms with Gasteiger partial charge in [-0.3, -0.25) is 4.40 Å². The first kappa shape index (κ1) is 12.0. The van der Waals surface area contributed by atoms with E-state index in [2.05, 4.69) is 30.7 Å². The lowest BCUT2D eigenvalue weighted by atomic mass is 9.89. The van der Waals surface area contributed by atoms with Crippen molar-refractivity contribution in [1.82, 2.24) is 14.4 Å². The zero-order valence-electron chi connectivity index (χ0n) is 10.5. The van der Waals surface area contributed by atoms with Crippen LogP contribution < -0.4 is 0 Å². The molecule has 0 aromatic carbocycles. The van der Waals surface area contributed by atoms with E-state index in [4.69, 9.17) is 0 Å². The van der Waals surface area contributed by atoms with Crippen molar-refractivity contribution in [2.45, 2.75) is 39.5 Å². The van der Waals surface area contributed by atoms with Crippen LogP contribution in [0.4, 0.5) is 4.39 Å². The van der Waals surface area contributed by atoms with Crippen molar-refractivity contribution >= 4 is 5.65 Å². The second-order valence-corrected chi connectivity index (χ2v) is 4.73. The molecule has 0 radical (unpaired) electrons. The SMILES string of the molecule is CCCC(c1cnc2c(F)nccn12)C(C)C. The Morgan fingerprint density at radius 3 is 2.76 bits per heavy atom. The maximum Gasteiger partial charge on any atom is 0.256 e. The van der Waals surface area contributed by atoms with Crippen LogP contribution in [-0.4, -0.2) is 14.4 Å². The topological polar surface area (TPSA) is 30.2 Å². The molecule has 0 aliphatic rings. The highest BCUT2D eigenvalue weighted by Gasteiger charge is 2.19. The summed E-state index contributed by atoms with van der Waals surface area (Å²) < 4.78 is 15.3. The molecule has 92 valence electrons. The molecule has 1 unspecified atom stereocenters. The molecule has 4 heteroatoms. The molecule has 0 spiro atoms. The summed E-state index contributed by atoms with van der Waals surface area (Å²) in [5.41, 5.74) is 1.41. The third-order valence-electron chi connectivity index (χ3n) is 3.20. The minimum absolute atomic E-state index is 0.323. The third-order valence-corrected chi connectivity index (χ3v) is 3.20. The highest BCUT2D eigenvalue weighted by Crippen LogP contribution is 2.29. The van der Waals surface area contributed by atoms with Gasteiger partial charge in [0.25, 0.3) is 5.95 Å². The lowest BCUT2D eigenvalue weighted by molar-refractivity contribution is 0.451. The van der Waals surface area contributed by atoms with Crippen LogP contribution in [-0.2, 0) is 0 Å². The molecule has 0 bridgehead atoms. The molecule has 0 saturated heterocycles. The molecule has 3 nitrogen and oxygen atoms in total. The van der Waals surface area contributed by atoms with Crippen LogP contribution in [0.2, 0.25) is 0 Å². The van der Waals surface area contributed by atoms with Gasteiger partial charge >= 0.3 is 0 Å². The minimum atomic E-state index is -0.502.